The summed E-state index contributed by atoms with van der Waals surface area (Å²) in [6.45, 7) is 4.71. The molecule has 0 saturated heterocycles. The number of carbonyl (C=O) groups is 1. The zero-order valence-electron chi connectivity index (χ0n) is 28.7. The van der Waals surface area contributed by atoms with Gasteiger partial charge in [0.05, 0.1) is 11.7 Å². The lowest BCUT2D eigenvalue weighted by molar-refractivity contribution is -0.166. The van der Waals surface area contributed by atoms with Crippen molar-refractivity contribution in [2.75, 3.05) is 5.75 Å². The van der Waals surface area contributed by atoms with Gasteiger partial charge < -0.3 is 10.2 Å². The van der Waals surface area contributed by atoms with Gasteiger partial charge in [-0.3, -0.25) is 14.9 Å². The summed E-state index contributed by atoms with van der Waals surface area (Å²) in [7, 11) is 0. The maximum atomic E-state index is 15.0. The Labute approximate surface area is 297 Å². The maximum Gasteiger partial charge on any atom is 0.208 e. The smallest absolute Gasteiger partial charge is 0.208 e. The summed E-state index contributed by atoms with van der Waals surface area (Å²) in [5, 5.41) is 31.9. The standard InChI is InChI=1S/C42H44N4O3S/c1-38-17-12-31(47)24-40(38)20-21-42(32(25-40)35(48)29-10-8-28(9-11-29)27-6-4-3-5-7-27)33(38)13-18-39(2)34(42)14-19-41(39,49)26-50-37-44-36(45-46-37)30-15-22-43-23-16-30/h3-11,15-16,20-23,25,31,33-34,47,49H,12-14,17-19,24,26H2,1-2H3,(H,44,45,46)/t31?,33-,34-,38-,39+,40+,41-,42-/m1/s1. The molecule has 0 aliphatic heterocycles. The Morgan fingerprint density at radius 3 is 2.34 bits per heavy atom. The van der Waals surface area contributed by atoms with E-state index in [2.05, 4.69) is 71.5 Å². The predicted octanol–water partition coefficient (Wildman–Crippen LogP) is 8.10. The molecule has 8 atom stereocenters. The number of nitrogens with one attached hydrogen (secondary N) is 1. The highest BCUT2D eigenvalue weighted by Crippen LogP contribution is 2.78. The number of ketones is 1. The number of aromatic amines is 1. The van der Waals surface area contributed by atoms with E-state index in [1.807, 2.05) is 42.5 Å². The van der Waals surface area contributed by atoms with Crippen LogP contribution >= 0.6 is 11.8 Å². The van der Waals surface area contributed by atoms with Gasteiger partial charge in [-0.25, -0.2) is 4.98 Å². The van der Waals surface area contributed by atoms with E-state index in [4.69, 9.17) is 4.98 Å². The number of pyridine rings is 1. The number of allylic oxidation sites excluding steroid dienone is 4. The molecule has 256 valence electrons. The lowest BCUT2D eigenvalue weighted by Gasteiger charge is -2.71. The molecule has 0 radical (unpaired) electrons. The normalized spacial score (nSPS) is 36.7. The maximum absolute atomic E-state index is 15.0. The van der Waals surface area contributed by atoms with Gasteiger partial charge in [0.15, 0.2) is 11.6 Å². The van der Waals surface area contributed by atoms with Gasteiger partial charge in [0.25, 0.3) is 0 Å². The van der Waals surface area contributed by atoms with Crippen LogP contribution in [0.2, 0.25) is 0 Å². The molecule has 2 bridgehead atoms. The Hall–Kier alpha value is -3.85. The van der Waals surface area contributed by atoms with Crippen molar-refractivity contribution in [1.29, 1.82) is 0 Å². The van der Waals surface area contributed by atoms with Crippen molar-refractivity contribution in [3.63, 3.8) is 0 Å². The average molecular weight is 685 g/mol. The van der Waals surface area contributed by atoms with Crippen molar-refractivity contribution in [1.82, 2.24) is 20.2 Å². The van der Waals surface area contributed by atoms with Gasteiger partial charge in [0.1, 0.15) is 0 Å². The van der Waals surface area contributed by atoms with Crippen molar-refractivity contribution in [3.8, 4) is 22.5 Å². The largest absolute Gasteiger partial charge is 0.393 e. The number of rotatable bonds is 7. The first kappa shape index (κ1) is 32.1. The molecular formula is C42H44N4O3S. The lowest BCUT2D eigenvalue weighted by Crippen LogP contribution is -2.67. The Bertz CT molecular complexity index is 2010. The minimum atomic E-state index is -0.950. The molecule has 4 aromatic rings. The number of Topliss-reactive ketones (excluding diaryl/α,β-unsaturated/α-hetero) is 1. The van der Waals surface area contributed by atoms with E-state index in [9.17, 15) is 15.0 Å². The summed E-state index contributed by atoms with van der Waals surface area (Å²) < 4.78 is 0. The highest BCUT2D eigenvalue weighted by molar-refractivity contribution is 7.99. The van der Waals surface area contributed by atoms with E-state index in [1.165, 1.54) is 11.8 Å². The molecule has 2 aromatic carbocycles. The topological polar surface area (TPSA) is 112 Å². The van der Waals surface area contributed by atoms with Gasteiger partial charge in [0.2, 0.25) is 5.16 Å². The van der Waals surface area contributed by atoms with Crippen LogP contribution in [-0.4, -0.2) is 53.6 Å². The van der Waals surface area contributed by atoms with E-state index in [0.29, 0.717) is 35.1 Å². The zero-order chi connectivity index (χ0) is 34.4. The van der Waals surface area contributed by atoms with Gasteiger partial charge in [0, 0.05) is 51.1 Å². The van der Waals surface area contributed by atoms with Crippen LogP contribution in [-0.2, 0) is 0 Å². The van der Waals surface area contributed by atoms with Crippen LogP contribution in [0, 0.1) is 33.5 Å². The van der Waals surface area contributed by atoms with Crippen molar-refractivity contribution < 1.29 is 15.0 Å². The van der Waals surface area contributed by atoms with Gasteiger partial charge >= 0.3 is 0 Å². The van der Waals surface area contributed by atoms with Crippen molar-refractivity contribution in [2.45, 2.75) is 75.7 Å². The summed E-state index contributed by atoms with van der Waals surface area (Å²) in [6, 6.07) is 22.1. The van der Waals surface area contributed by atoms with Crippen molar-refractivity contribution in [2.24, 2.45) is 33.5 Å². The first-order valence-corrected chi connectivity index (χ1v) is 19.1. The SMILES string of the molecule is C[C@]12CC[C@H]3[C@]4(C=C[C@@]5(C=C4C(=O)c4ccc(-c6ccccc6)cc4)CC(O)CC[C@]35C)[C@@H]1CC[C@@]2(O)CSc1n[nH]c(-c2ccncc2)n1. The summed E-state index contributed by atoms with van der Waals surface area (Å²) in [5.74, 6) is 1.60. The molecule has 50 heavy (non-hydrogen) atoms. The molecule has 2 aromatic heterocycles. The van der Waals surface area contributed by atoms with Gasteiger partial charge in [-0.1, -0.05) is 98.4 Å². The number of hydrogen-bond donors (Lipinski definition) is 3. The fourth-order valence-corrected chi connectivity index (χ4v) is 12.4. The van der Waals surface area contributed by atoms with Crippen LogP contribution < -0.4 is 0 Å². The van der Waals surface area contributed by atoms with E-state index in [1.54, 1.807) is 12.4 Å². The first-order valence-electron chi connectivity index (χ1n) is 18.1. The molecule has 6 aliphatic rings. The second-order valence-corrected chi connectivity index (χ2v) is 17.0. The Kier molecular flexibility index (Phi) is 7.27. The minimum absolute atomic E-state index is 0.0684. The van der Waals surface area contributed by atoms with Crippen LogP contribution in [0.15, 0.2) is 108 Å². The number of hydrogen-bond acceptors (Lipinski definition) is 7. The number of thioether (sulfide) groups is 1. The van der Waals surface area contributed by atoms with Gasteiger partial charge in [-0.15, -0.1) is 5.10 Å². The Morgan fingerprint density at radius 1 is 0.860 bits per heavy atom. The number of aliphatic hydroxyl groups is 2. The second-order valence-electron chi connectivity index (χ2n) is 16.1. The molecule has 0 amide bonds. The highest BCUT2D eigenvalue weighted by Gasteiger charge is 2.74. The van der Waals surface area contributed by atoms with Crippen LogP contribution in [0.5, 0.6) is 0 Å². The Balaban J connectivity index is 1.08. The molecule has 7 nitrogen and oxygen atoms in total. The quantitative estimate of drug-likeness (QED) is 0.102. The third-order valence-electron chi connectivity index (χ3n) is 14.1. The number of nitrogens with zero attached hydrogens (tertiary/aromatic N) is 3. The lowest BCUT2D eigenvalue weighted by atomic mass is 9.32. The van der Waals surface area contributed by atoms with Crippen LogP contribution in [0.25, 0.3) is 22.5 Å². The molecule has 6 aliphatic carbocycles. The number of aliphatic hydroxyl groups excluding tert-OH is 1. The average Bonchev–Trinajstić information content (AvgIpc) is 3.73. The molecule has 8 heteroatoms. The molecular weight excluding hydrogens is 641 g/mol. The summed E-state index contributed by atoms with van der Waals surface area (Å²) in [6.07, 6.45) is 15.9. The number of fused-ring (bicyclic) bond motifs is 1. The molecule has 10 rings (SSSR count). The van der Waals surface area contributed by atoms with E-state index in [-0.39, 0.29) is 34.6 Å². The first-order chi connectivity index (χ1) is 24.1. The third-order valence-corrected chi connectivity index (χ3v) is 15.1. The molecule has 2 spiro atoms. The van der Waals surface area contributed by atoms with Crippen molar-refractivity contribution >= 4 is 17.5 Å². The van der Waals surface area contributed by atoms with Crippen LogP contribution in [0.3, 0.4) is 0 Å². The summed E-state index contributed by atoms with van der Waals surface area (Å²) in [4.78, 5) is 23.8. The summed E-state index contributed by atoms with van der Waals surface area (Å²) >= 11 is 1.51. The Morgan fingerprint density at radius 2 is 1.56 bits per heavy atom. The molecule has 3 fully saturated rings. The molecule has 3 saturated carbocycles. The molecule has 2 heterocycles. The van der Waals surface area contributed by atoms with Gasteiger partial charge in [-0.2, -0.15) is 0 Å². The number of carbonyl (C=O) groups excluding carboxylic acids is 1. The van der Waals surface area contributed by atoms with Gasteiger partial charge in [-0.05, 0) is 85.5 Å². The fraction of sp³-hybridized carbons (Fsp3) is 0.429. The van der Waals surface area contributed by atoms with Crippen LogP contribution in [0.4, 0.5) is 0 Å². The zero-order valence-corrected chi connectivity index (χ0v) is 29.5. The monoisotopic (exact) mass is 684 g/mol. The third kappa shape index (κ3) is 4.43. The predicted molar refractivity (Wildman–Crippen MR) is 195 cm³/mol. The van der Waals surface area contributed by atoms with Crippen LogP contribution in [0.1, 0.15) is 69.2 Å². The fourth-order valence-electron chi connectivity index (χ4n) is 11.3. The van der Waals surface area contributed by atoms with Crippen molar-refractivity contribution in [3.05, 3.63) is 108 Å². The minimum Gasteiger partial charge on any atom is -0.393 e. The second kappa shape index (κ2) is 11.3. The molecule has 3 N–H and O–H groups in total. The number of H-pyrrole nitrogens is 1. The highest BCUT2D eigenvalue weighted by atomic mass is 32.2. The van der Waals surface area contributed by atoms with E-state index >= 15 is 0 Å². The molecule has 1 unspecified atom stereocenters. The number of benzene rings is 2. The van der Waals surface area contributed by atoms with E-state index < -0.39 is 16.4 Å². The number of aromatic nitrogens is 4. The summed E-state index contributed by atoms with van der Waals surface area (Å²) in [5.41, 5.74) is 2.43. The van der Waals surface area contributed by atoms with E-state index in [0.717, 1.165) is 54.4 Å².